The molecule has 0 saturated carbocycles. The number of carbonyl (C=O) groups is 2. The number of fused-ring (bicyclic) bond motifs is 1. The monoisotopic (exact) mass is 516 g/mol. The van der Waals surface area contributed by atoms with E-state index in [0.29, 0.717) is 54.8 Å². The van der Waals surface area contributed by atoms with Crippen LogP contribution in [0.2, 0.25) is 0 Å². The Kier molecular flexibility index (Phi) is 8.87. The van der Waals surface area contributed by atoms with E-state index in [1.165, 1.54) is 11.6 Å². The zero-order valence-electron chi connectivity index (χ0n) is 21.9. The quantitative estimate of drug-likeness (QED) is 0.277. The van der Waals surface area contributed by atoms with Crippen molar-refractivity contribution in [3.05, 3.63) is 77.9 Å². The second-order valence-electron chi connectivity index (χ2n) is 8.70. The van der Waals surface area contributed by atoms with Crippen LogP contribution < -0.4 is 29.2 Å². The molecule has 1 heterocycles. The number of aryl methyl sites for hydroxylation is 1. The fourth-order valence-electron chi connectivity index (χ4n) is 3.99. The van der Waals surface area contributed by atoms with E-state index in [9.17, 15) is 9.59 Å². The second kappa shape index (κ2) is 12.7. The molecule has 8 nitrogen and oxygen atoms in total. The third-order valence-corrected chi connectivity index (χ3v) is 5.90. The maximum atomic E-state index is 12.6. The first kappa shape index (κ1) is 26.6. The highest BCUT2D eigenvalue weighted by Gasteiger charge is 2.25. The molecule has 0 spiro atoms. The highest BCUT2D eigenvalue weighted by atomic mass is 16.5. The van der Waals surface area contributed by atoms with E-state index < -0.39 is 0 Å². The van der Waals surface area contributed by atoms with Gasteiger partial charge >= 0.3 is 0 Å². The predicted molar refractivity (Wildman–Crippen MR) is 147 cm³/mol. The number of hydrogen-bond acceptors (Lipinski definition) is 6. The Morgan fingerprint density at radius 1 is 1.05 bits per heavy atom. The van der Waals surface area contributed by atoms with Crippen LogP contribution in [0.5, 0.6) is 23.0 Å². The first-order chi connectivity index (χ1) is 18.5. The molecule has 3 aromatic rings. The minimum atomic E-state index is -0.307. The molecule has 8 heteroatoms. The van der Waals surface area contributed by atoms with E-state index in [2.05, 4.69) is 5.32 Å². The van der Waals surface area contributed by atoms with Crippen LogP contribution in [0.4, 0.5) is 11.4 Å². The molecular weight excluding hydrogens is 484 g/mol. The van der Waals surface area contributed by atoms with Crippen LogP contribution in [-0.2, 0) is 9.59 Å². The van der Waals surface area contributed by atoms with E-state index in [1.54, 1.807) is 48.4 Å². The van der Waals surface area contributed by atoms with Gasteiger partial charge in [0.1, 0.15) is 11.5 Å². The minimum absolute atomic E-state index is 0.0220. The topological polar surface area (TPSA) is 86.3 Å². The number of benzene rings is 3. The number of ether oxygens (including phenoxy) is 4. The molecule has 0 bridgehead atoms. The number of nitrogens with one attached hydrogen (secondary N) is 1. The van der Waals surface area contributed by atoms with Crippen LogP contribution in [-0.4, -0.2) is 45.3 Å². The maximum Gasteiger partial charge on any atom is 0.265 e. The van der Waals surface area contributed by atoms with Crippen LogP contribution in [0.1, 0.15) is 24.5 Å². The van der Waals surface area contributed by atoms with Crippen molar-refractivity contribution in [1.82, 2.24) is 0 Å². The van der Waals surface area contributed by atoms with Gasteiger partial charge < -0.3 is 29.2 Å². The Balaban J connectivity index is 1.38. The highest BCUT2D eigenvalue weighted by Crippen LogP contribution is 2.35. The lowest BCUT2D eigenvalue weighted by Crippen LogP contribution is -2.39. The van der Waals surface area contributed by atoms with Crippen molar-refractivity contribution < 1.29 is 28.5 Å². The van der Waals surface area contributed by atoms with Crippen LogP contribution in [0.3, 0.4) is 0 Å². The van der Waals surface area contributed by atoms with Crippen molar-refractivity contribution in [2.45, 2.75) is 20.3 Å². The van der Waals surface area contributed by atoms with Gasteiger partial charge in [-0.2, -0.15) is 0 Å². The molecule has 4 rings (SSSR count). The number of anilines is 2. The molecule has 38 heavy (non-hydrogen) atoms. The summed E-state index contributed by atoms with van der Waals surface area (Å²) in [6.45, 7) is 5.38. The average molecular weight is 517 g/mol. The van der Waals surface area contributed by atoms with E-state index in [0.717, 1.165) is 11.3 Å². The SMILES string of the molecule is CCOc1ccc(/C=C/C(=O)Nc2ccc3c(c2)N(CCCOc2ccc(C)cc2)C(=O)CO3)cc1OC. The average Bonchev–Trinajstić information content (AvgIpc) is 2.92. The maximum absolute atomic E-state index is 12.6. The first-order valence-electron chi connectivity index (χ1n) is 12.5. The van der Waals surface area contributed by atoms with Gasteiger partial charge in [-0.15, -0.1) is 0 Å². The largest absolute Gasteiger partial charge is 0.494 e. The van der Waals surface area contributed by atoms with Gasteiger partial charge in [0.2, 0.25) is 5.91 Å². The molecule has 0 radical (unpaired) electrons. The third kappa shape index (κ3) is 6.85. The molecule has 0 fully saturated rings. The van der Waals surface area contributed by atoms with Gasteiger partial charge in [-0.3, -0.25) is 9.59 Å². The number of nitrogens with zero attached hydrogens (tertiary/aromatic N) is 1. The van der Waals surface area contributed by atoms with Gasteiger partial charge in [0.15, 0.2) is 18.1 Å². The molecule has 2 amide bonds. The predicted octanol–water partition coefficient (Wildman–Crippen LogP) is 5.25. The first-order valence-corrected chi connectivity index (χ1v) is 12.5. The fourth-order valence-corrected chi connectivity index (χ4v) is 3.99. The summed E-state index contributed by atoms with van der Waals surface area (Å²) in [7, 11) is 1.57. The third-order valence-electron chi connectivity index (χ3n) is 5.90. The van der Waals surface area contributed by atoms with Crippen molar-refractivity contribution in [1.29, 1.82) is 0 Å². The number of hydrogen-bond donors (Lipinski definition) is 1. The summed E-state index contributed by atoms with van der Waals surface area (Å²) in [5, 5.41) is 2.85. The van der Waals surface area contributed by atoms with Gasteiger partial charge in [0.05, 0.1) is 26.0 Å². The molecule has 0 saturated heterocycles. The van der Waals surface area contributed by atoms with Crippen LogP contribution >= 0.6 is 0 Å². The summed E-state index contributed by atoms with van der Waals surface area (Å²) in [5.41, 5.74) is 3.14. The molecule has 0 aliphatic carbocycles. The summed E-state index contributed by atoms with van der Waals surface area (Å²) in [5.74, 6) is 2.19. The standard InChI is InChI=1S/C30H32N2O6/c1-4-36-27-13-8-22(18-28(27)35-3)9-15-29(33)31-23-10-14-26-25(19-23)32(30(34)20-38-26)16-5-17-37-24-11-6-21(2)7-12-24/h6-15,18-19H,4-5,16-17,20H2,1-3H3,(H,31,33)/b15-9+. The molecule has 3 aromatic carbocycles. The number of rotatable bonds is 11. The number of methoxy groups -OCH3 is 1. The number of amides is 2. The van der Waals surface area contributed by atoms with E-state index in [-0.39, 0.29) is 18.4 Å². The molecule has 1 aliphatic rings. The normalized spacial score (nSPS) is 12.6. The Morgan fingerprint density at radius 3 is 2.63 bits per heavy atom. The van der Waals surface area contributed by atoms with E-state index >= 15 is 0 Å². The fraction of sp³-hybridized carbons (Fsp3) is 0.267. The zero-order valence-corrected chi connectivity index (χ0v) is 21.9. The molecule has 198 valence electrons. The molecule has 0 aromatic heterocycles. The van der Waals surface area contributed by atoms with Gasteiger partial charge in [0.25, 0.3) is 5.91 Å². The van der Waals surface area contributed by atoms with Crippen molar-refractivity contribution >= 4 is 29.3 Å². The molecule has 0 atom stereocenters. The van der Waals surface area contributed by atoms with Gasteiger partial charge in [0, 0.05) is 18.3 Å². The summed E-state index contributed by atoms with van der Waals surface area (Å²) < 4.78 is 22.3. The molecule has 0 unspecified atom stereocenters. The summed E-state index contributed by atoms with van der Waals surface area (Å²) in [4.78, 5) is 26.9. The molecule has 1 N–H and O–H groups in total. The van der Waals surface area contributed by atoms with Crippen LogP contribution in [0.25, 0.3) is 6.08 Å². The molecular formula is C30H32N2O6. The zero-order chi connectivity index (χ0) is 26.9. The van der Waals surface area contributed by atoms with Crippen molar-refractivity contribution in [2.75, 3.05) is 43.7 Å². The Morgan fingerprint density at radius 2 is 1.87 bits per heavy atom. The lowest BCUT2D eigenvalue weighted by atomic mass is 10.1. The summed E-state index contributed by atoms with van der Waals surface area (Å²) >= 11 is 0. The van der Waals surface area contributed by atoms with E-state index in [4.69, 9.17) is 18.9 Å². The van der Waals surface area contributed by atoms with Crippen molar-refractivity contribution in [3.63, 3.8) is 0 Å². The molecule has 1 aliphatic heterocycles. The Labute approximate surface area is 222 Å². The Hall–Kier alpha value is -4.46. The lowest BCUT2D eigenvalue weighted by Gasteiger charge is -2.29. The lowest BCUT2D eigenvalue weighted by molar-refractivity contribution is -0.121. The highest BCUT2D eigenvalue weighted by molar-refractivity contribution is 6.03. The van der Waals surface area contributed by atoms with Crippen molar-refractivity contribution in [2.24, 2.45) is 0 Å². The van der Waals surface area contributed by atoms with E-state index in [1.807, 2.05) is 44.2 Å². The summed E-state index contributed by atoms with van der Waals surface area (Å²) in [6.07, 6.45) is 3.78. The summed E-state index contributed by atoms with van der Waals surface area (Å²) in [6, 6.07) is 18.6. The minimum Gasteiger partial charge on any atom is -0.494 e. The van der Waals surface area contributed by atoms with Gasteiger partial charge in [-0.1, -0.05) is 23.8 Å². The second-order valence-corrected chi connectivity index (χ2v) is 8.70. The van der Waals surface area contributed by atoms with Gasteiger partial charge in [-0.25, -0.2) is 0 Å². The number of carbonyl (C=O) groups excluding carboxylic acids is 2. The van der Waals surface area contributed by atoms with Crippen molar-refractivity contribution in [3.8, 4) is 23.0 Å². The Bertz CT molecular complexity index is 1300. The smallest absolute Gasteiger partial charge is 0.265 e. The van der Waals surface area contributed by atoms with Crippen LogP contribution in [0, 0.1) is 6.92 Å². The van der Waals surface area contributed by atoms with Crippen LogP contribution in [0.15, 0.2) is 66.7 Å². The van der Waals surface area contributed by atoms with Gasteiger partial charge in [-0.05, 0) is 74.4 Å².